The second kappa shape index (κ2) is 7.87. The zero-order valence-electron chi connectivity index (χ0n) is 16.2. The minimum atomic E-state index is -3.84. The van der Waals surface area contributed by atoms with Crippen LogP contribution in [0.15, 0.2) is 52.2 Å². The lowest BCUT2D eigenvalue weighted by molar-refractivity contribution is 0.251. The van der Waals surface area contributed by atoms with E-state index in [2.05, 4.69) is 4.98 Å². The fourth-order valence-electron chi connectivity index (χ4n) is 3.28. The highest BCUT2D eigenvalue weighted by atomic mass is 32.2. The largest absolute Gasteiger partial charge is 0.395 e. The first-order valence-corrected chi connectivity index (χ1v) is 10.5. The van der Waals surface area contributed by atoms with Crippen LogP contribution in [0.25, 0.3) is 10.9 Å². The van der Waals surface area contributed by atoms with Crippen molar-refractivity contribution in [2.24, 2.45) is 0 Å². The van der Waals surface area contributed by atoms with Crippen LogP contribution in [0.1, 0.15) is 22.3 Å². The van der Waals surface area contributed by atoms with Crippen molar-refractivity contribution in [1.82, 2.24) is 9.29 Å². The highest BCUT2D eigenvalue weighted by Gasteiger charge is 2.25. The standard InChI is InChI=1S/C21H24N2O4S/c1-14-4-6-18(7-5-14)28(26,27)23(8-9-24)13-17-12-19-16(3)10-15(2)11-20(19)22-21(17)25/h4-7,10-12,24H,8-9,13H2,1-3H3,(H,22,25). The Morgan fingerprint density at radius 3 is 2.32 bits per heavy atom. The fraction of sp³-hybridized carbons (Fsp3) is 0.286. The monoisotopic (exact) mass is 400 g/mol. The summed E-state index contributed by atoms with van der Waals surface area (Å²) in [5, 5.41) is 10.3. The van der Waals surface area contributed by atoms with Crippen LogP contribution in [-0.2, 0) is 16.6 Å². The van der Waals surface area contributed by atoms with E-state index in [0.29, 0.717) is 5.56 Å². The number of hydrogen-bond acceptors (Lipinski definition) is 4. The van der Waals surface area contributed by atoms with E-state index in [9.17, 15) is 18.3 Å². The number of aliphatic hydroxyl groups is 1. The summed E-state index contributed by atoms with van der Waals surface area (Å²) in [5.74, 6) is 0. The summed E-state index contributed by atoms with van der Waals surface area (Å²) < 4.78 is 27.2. The number of aromatic amines is 1. The molecule has 2 N–H and O–H groups in total. The molecule has 6 nitrogen and oxygen atoms in total. The number of nitrogens with one attached hydrogen (secondary N) is 1. The van der Waals surface area contributed by atoms with Gasteiger partial charge in [0.2, 0.25) is 10.0 Å². The molecule has 1 heterocycles. The molecule has 0 saturated heterocycles. The van der Waals surface area contributed by atoms with E-state index >= 15 is 0 Å². The normalized spacial score (nSPS) is 12.0. The summed E-state index contributed by atoms with van der Waals surface area (Å²) in [6.45, 7) is 5.23. The summed E-state index contributed by atoms with van der Waals surface area (Å²) in [6.07, 6.45) is 0. The number of benzene rings is 2. The molecule has 0 aliphatic rings. The Morgan fingerprint density at radius 1 is 1.00 bits per heavy atom. The van der Waals surface area contributed by atoms with Gasteiger partial charge in [-0.3, -0.25) is 4.79 Å². The highest BCUT2D eigenvalue weighted by Crippen LogP contribution is 2.21. The summed E-state index contributed by atoms with van der Waals surface area (Å²) in [7, 11) is -3.84. The van der Waals surface area contributed by atoms with Crippen LogP contribution in [0.3, 0.4) is 0 Å². The minimum absolute atomic E-state index is 0.0967. The highest BCUT2D eigenvalue weighted by molar-refractivity contribution is 7.89. The van der Waals surface area contributed by atoms with Crippen molar-refractivity contribution in [3.05, 3.63) is 75.1 Å². The molecule has 1 aromatic heterocycles. The van der Waals surface area contributed by atoms with E-state index < -0.39 is 10.0 Å². The molecule has 0 spiro atoms. The van der Waals surface area contributed by atoms with Crippen LogP contribution in [-0.4, -0.2) is 36.0 Å². The molecule has 0 bridgehead atoms. The van der Waals surface area contributed by atoms with Crippen LogP contribution >= 0.6 is 0 Å². The first kappa shape index (κ1) is 20.3. The Bertz CT molecular complexity index is 1170. The Hall–Kier alpha value is -2.48. The van der Waals surface area contributed by atoms with E-state index in [1.807, 2.05) is 32.9 Å². The number of sulfonamides is 1. The van der Waals surface area contributed by atoms with E-state index in [4.69, 9.17) is 0 Å². The zero-order valence-corrected chi connectivity index (χ0v) is 17.0. The average molecular weight is 401 g/mol. The molecule has 3 rings (SSSR count). The second-order valence-corrected chi connectivity index (χ2v) is 8.98. The molecule has 0 atom stereocenters. The van der Waals surface area contributed by atoms with E-state index in [1.165, 1.54) is 12.1 Å². The van der Waals surface area contributed by atoms with Gasteiger partial charge >= 0.3 is 0 Å². The Balaban J connectivity index is 2.04. The van der Waals surface area contributed by atoms with Crippen molar-refractivity contribution in [3.8, 4) is 0 Å². The number of H-pyrrole nitrogens is 1. The van der Waals surface area contributed by atoms with E-state index in [0.717, 1.165) is 31.9 Å². The fourth-order valence-corrected chi connectivity index (χ4v) is 4.69. The summed E-state index contributed by atoms with van der Waals surface area (Å²) in [5.41, 5.74) is 3.72. The first-order chi connectivity index (χ1) is 13.2. The van der Waals surface area contributed by atoms with Crippen molar-refractivity contribution in [3.63, 3.8) is 0 Å². The molecule has 148 valence electrons. The lowest BCUT2D eigenvalue weighted by atomic mass is 10.0. The lowest BCUT2D eigenvalue weighted by Gasteiger charge is -2.21. The molecule has 0 amide bonds. The Morgan fingerprint density at radius 2 is 1.68 bits per heavy atom. The van der Waals surface area contributed by atoms with Gasteiger partial charge < -0.3 is 10.1 Å². The van der Waals surface area contributed by atoms with Gasteiger partial charge in [0.15, 0.2) is 0 Å². The topological polar surface area (TPSA) is 90.5 Å². The molecule has 0 aliphatic carbocycles. The predicted octanol–water partition coefficient (Wildman–Crippen LogP) is 2.64. The maximum absolute atomic E-state index is 13.0. The van der Waals surface area contributed by atoms with Gasteiger partial charge in [-0.15, -0.1) is 0 Å². The molecular weight excluding hydrogens is 376 g/mol. The van der Waals surface area contributed by atoms with Gasteiger partial charge in [0.05, 0.1) is 11.5 Å². The maximum Gasteiger partial charge on any atom is 0.252 e. The molecule has 7 heteroatoms. The van der Waals surface area contributed by atoms with Crippen LogP contribution in [0.2, 0.25) is 0 Å². The number of aromatic nitrogens is 1. The molecule has 0 unspecified atom stereocenters. The van der Waals surface area contributed by atoms with Crippen molar-refractivity contribution in [1.29, 1.82) is 0 Å². The van der Waals surface area contributed by atoms with Crippen LogP contribution in [0, 0.1) is 20.8 Å². The second-order valence-electron chi connectivity index (χ2n) is 7.04. The Labute approximate surface area is 164 Å². The SMILES string of the molecule is Cc1ccc(S(=O)(=O)N(CCO)Cc2cc3c(C)cc(C)cc3[nH]c2=O)cc1. The third kappa shape index (κ3) is 4.01. The Kier molecular flexibility index (Phi) is 5.69. The molecule has 0 aliphatic heterocycles. The van der Waals surface area contributed by atoms with E-state index in [-0.39, 0.29) is 30.2 Å². The van der Waals surface area contributed by atoms with Gasteiger partial charge in [-0.05, 0) is 56.2 Å². The third-order valence-electron chi connectivity index (χ3n) is 4.74. The van der Waals surface area contributed by atoms with Crippen molar-refractivity contribution in [2.75, 3.05) is 13.2 Å². The van der Waals surface area contributed by atoms with E-state index in [1.54, 1.807) is 18.2 Å². The van der Waals surface area contributed by atoms with Crippen LogP contribution in [0.5, 0.6) is 0 Å². The van der Waals surface area contributed by atoms with Gasteiger partial charge in [-0.1, -0.05) is 23.8 Å². The van der Waals surface area contributed by atoms with Gasteiger partial charge in [0.25, 0.3) is 5.56 Å². The molecule has 28 heavy (non-hydrogen) atoms. The van der Waals surface area contributed by atoms with Gasteiger partial charge in [-0.25, -0.2) is 8.42 Å². The first-order valence-electron chi connectivity index (χ1n) is 9.03. The summed E-state index contributed by atoms with van der Waals surface area (Å²) in [4.78, 5) is 15.5. The van der Waals surface area contributed by atoms with Gasteiger partial charge in [-0.2, -0.15) is 4.31 Å². The zero-order chi connectivity index (χ0) is 20.5. The van der Waals surface area contributed by atoms with Crippen LogP contribution < -0.4 is 5.56 Å². The average Bonchev–Trinajstić information content (AvgIpc) is 2.62. The lowest BCUT2D eigenvalue weighted by Crippen LogP contribution is -2.35. The molecular formula is C21H24N2O4S. The number of aliphatic hydroxyl groups excluding tert-OH is 1. The molecule has 0 saturated carbocycles. The number of rotatable bonds is 6. The smallest absolute Gasteiger partial charge is 0.252 e. The molecule has 2 aromatic carbocycles. The van der Waals surface area contributed by atoms with Crippen LogP contribution in [0.4, 0.5) is 0 Å². The van der Waals surface area contributed by atoms with Crippen molar-refractivity contribution < 1.29 is 13.5 Å². The summed E-state index contributed by atoms with van der Waals surface area (Å²) in [6, 6.07) is 12.1. The third-order valence-corrected chi connectivity index (χ3v) is 6.60. The number of aryl methyl sites for hydroxylation is 3. The quantitative estimate of drug-likeness (QED) is 0.666. The molecule has 0 radical (unpaired) electrons. The van der Waals surface area contributed by atoms with Crippen molar-refractivity contribution >= 4 is 20.9 Å². The maximum atomic E-state index is 13.0. The number of hydrogen-bond donors (Lipinski definition) is 2. The number of nitrogens with zero attached hydrogens (tertiary/aromatic N) is 1. The van der Waals surface area contributed by atoms with Gasteiger partial charge in [0.1, 0.15) is 0 Å². The molecule has 3 aromatic rings. The number of fused-ring (bicyclic) bond motifs is 1. The summed E-state index contributed by atoms with van der Waals surface area (Å²) >= 11 is 0. The molecule has 0 fully saturated rings. The minimum Gasteiger partial charge on any atom is -0.395 e. The predicted molar refractivity (Wildman–Crippen MR) is 110 cm³/mol. The van der Waals surface area contributed by atoms with Crippen molar-refractivity contribution in [2.45, 2.75) is 32.2 Å². The number of pyridine rings is 1. The van der Waals surface area contributed by atoms with Gasteiger partial charge in [0, 0.05) is 29.6 Å².